The van der Waals surface area contributed by atoms with Crippen LogP contribution >= 0.6 is 0 Å². The van der Waals surface area contributed by atoms with Crippen molar-refractivity contribution in [1.82, 2.24) is 15.1 Å². The molecular formula is C14H15N3O4. The van der Waals surface area contributed by atoms with Gasteiger partial charge >= 0.3 is 5.97 Å². The quantitative estimate of drug-likeness (QED) is 0.805. The molecular weight excluding hydrogens is 274 g/mol. The van der Waals surface area contributed by atoms with E-state index in [1.165, 1.54) is 20.2 Å². The Morgan fingerprint density at radius 1 is 1.38 bits per heavy atom. The van der Waals surface area contributed by atoms with Crippen LogP contribution in [0.3, 0.4) is 0 Å². The third-order valence-electron chi connectivity index (χ3n) is 2.99. The molecule has 7 nitrogen and oxygen atoms in total. The van der Waals surface area contributed by atoms with Gasteiger partial charge in [-0.05, 0) is 13.0 Å². The van der Waals surface area contributed by atoms with Crippen molar-refractivity contribution in [3.05, 3.63) is 40.8 Å². The summed E-state index contributed by atoms with van der Waals surface area (Å²) in [5, 5.41) is 7.58. The number of esters is 1. The van der Waals surface area contributed by atoms with E-state index in [1.54, 1.807) is 24.3 Å². The van der Waals surface area contributed by atoms with Crippen LogP contribution in [0.5, 0.6) is 0 Å². The number of fused-ring (bicyclic) bond motifs is 1. The van der Waals surface area contributed by atoms with Crippen LogP contribution in [0, 0.1) is 0 Å². The Hall–Kier alpha value is -2.70. The van der Waals surface area contributed by atoms with E-state index < -0.39 is 17.9 Å². The van der Waals surface area contributed by atoms with Crippen molar-refractivity contribution in [2.24, 2.45) is 0 Å². The number of nitrogens with zero attached hydrogens (tertiary/aromatic N) is 2. The second-order valence-electron chi connectivity index (χ2n) is 4.51. The number of rotatable bonds is 4. The largest absolute Gasteiger partial charge is 0.467 e. The first-order chi connectivity index (χ1) is 10.0. The van der Waals surface area contributed by atoms with Crippen LogP contribution in [0.1, 0.15) is 6.92 Å². The Morgan fingerprint density at radius 3 is 2.81 bits per heavy atom. The van der Waals surface area contributed by atoms with E-state index in [4.69, 9.17) is 0 Å². The Kier molecular flexibility index (Phi) is 4.32. The molecule has 1 N–H and O–H groups in total. The normalized spacial score (nSPS) is 11.9. The highest BCUT2D eigenvalue weighted by molar-refractivity contribution is 5.84. The van der Waals surface area contributed by atoms with Gasteiger partial charge in [0.1, 0.15) is 12.6 Å². The zero-order chi connectivity index (χ0) is 15.4. The van der Waals surface area contributed by atoms with Gasteiger partial charge in [0.25, 0.3) is 5.56 Å². The lowest BCUT2D eigenvalue weighted by molar-refractivity contribution is -0.144. The molecule has 0 aliphatic rings. The van der Waals surface area contributed by atoms with E-state index in [1.807, 2.05) is 0 Å². The maximum Gasteiger partial charge on any atom is 0.328 e. The van der Waals surface area contributed by atoms with Crippen molar-refractivity contribution in [3.63, 3.8) is 0 Å². The third-order valence-corrected chi connectivity index (χ3v) is 2.99. The lowest BCUT2D eigenvalue weighted by atomic mass is 10.2. The average Bonchev–Trinajstić information content (AvgIpc) is 2.49. The number of nitrogens with one attached hydrogen (secondary N) is 1. The van der Waals surface area contributed by atoms with Gasteiger partial charge in [-0.15, -0.1) is 0 Å². The second kappa shape index (κ2) is 6.17. The molecule has 0 fully saturated rings. The summed E-state index contributed by atoms with van der Waals surface area (Å²) in [5.74, 6) is -1.04. The van der Waals surface area contributed by atoms with Crippen molar-refractivity contribution in [2.45, 2.75) is 19.5 Å². The summed E-state index contributed by atoms with van der Waals surface area (Å²) in [6, 6.07) is 6.21. The number of carbonyl (C=O) groups is 2. The fraction of sp³-hybridized carbons (Fsp3) is 0.286. The molecule has 0 radical (unpaired) electrons. The molecule has 1 heterocycles. The van der Waals surface area contributed by atoms with Crippen molar-refractivity contribution < 1.29 is 14.3 Å². The Balaban J connectivity index is 2.17. The predicted molar refractivity (Wildman–Crippen MR) is 75.6 cm³/mol. The van der Waals surface area contributed by atoms with Gasteiger partial charge in [-0.1, -0.05) is 18.2 Å². The number of carbonyl (C=O) groups excluding carboxylic acids is 2. The van der Waals surface area contributed by atoms with Gasteiger partial charge in [0, 0.05) is 5.39 Å². The van der Waals surface area contributed by atoms with Gasteiger partial charge in [0.15, 0.2) is 0 Å². The first kappa shape index (κ1) is 14.7. The first-order valence-electron chi connectivity index (χ1n) is 6.35. The second-order valence-corrected chi connectivity index (χ2v) is 4.51. The fourth-order valence-corrected chi connectivity index (χ4v) is 1.90. The van der Waals surface area contributed by atoms with Crippen LogP contribution in [0.4, 0.5) is 0 Å². The van der Waals surface area contributed by atoms with Crippen LogP contribution in [0.2, 0.25) is 0 Å². The number of ether oxygens (including phenoxy) is 1. The molecule has 0 saturated heterocycles. The molecule has 1 aromatic carbocycles. The summed E-state index contributed by atoms with van der Waals surface area (Å²) in [7, 11) is 1.24. The SMILES string of the molecule is COC(=O)[C@H](C)NC(=O)Cn1ncc2ccccc2c1=O. The zero-order valence-electron chi connectivity index (χ0n) is 11.7. The predicted octanol–water partition coefficient (Wildman–Crippen LogP) is 0.0742. The van der Waals surface area contributed by atoms with Gasteiger partial charge in [-0.25, -0.2) is 9.48 Å². The van der Waals surface area contributed by atoms with Gasteiger partial charge < -0.3 is 10.1 Å². The van der Waals surface area contributed by atoms with E-state index in [-0.39, 0.29) is 12.1 Å². The molecule has 0 aliphatic heterocycles. The van der Waals surface area contributed by atoms with Crippen LogP contribution in [-0.4, -0.2) is 34.8 Å². The summed E-state index contributed by atoms with van der Waals surface area (Å²) in [5.41, 5.74) is -0.353. The van der Waals surface area contributed by atoms with E-state index >= 15 is 0 Å². The van der Waals surface area contributed by atoms with Crippen molar-refractivity contribution >= 4 is 22.6 Å². The van der Waals surface area contributed by atoms with Crippen molar-refractivity contribution in [2.75, 3.05) is 7.11 Å². The smallest absolute Gasteiger partial charge is 0.328 e. The number of amides is 1. The van der Waals surface area contributed by atoms with Crippen molar-refractivity contribution in [3.8, 4) is 0 Å². The number of benzene rings is 1. The molecule has 1 atom stereocenters. The average molecular weight is 289 g/mol. The molecule has 0 aliphatic carbocycles. The van der Waals surface area contributed by atoms with Gasteiger partial charge in [-0.2, -0.15) is 5.10 Å². The van der Waals surface area contributed by atoms with Crippen LogP contribution in [-0.2, 0) is 20.9 Å². The molecule has 1 aromatic heterocycles. The minimum atomic E-state index is -0.779. The molecule has 2 aromatic rings. The number of methoxy groups -OCH3 is 1. The number of hydrogen-bond acceptors (Lipinski definition) is 5. The van der Waals surface area contributed by atoms with Crippen LogP contribution in [0.15, 0.2) is 35.3 Å². The summed E-state index contributed by atoms with van der Waals surface area (Å²) in [4.78, 5) is 35.2. The molecule has 0 saturated carbocycles. The summed E-state index contributed by atoms with van der Waals surface area (Å²) >= 11 is 0. The van der Waals surface area contributed by atoms with E-state index in [9.17, 15) is 14.4 Å². The van der Waals surface area contributed by atoms with E-state index in [0.29, 0.717) is 10.8 Å². The Morgan fingerprint density at radius 2 is 2.10 bits per heavy atom. The molecule has 0 spiro atoms. The number of hydrogen-bond donors (Lipinski definition) is 1. The highest BCUT2D eigenvalue weighted by Gasteiger charge is 2.16. The fourth-order valence-electron chi connectivity index (χ4n) is 1.90. The molecule has 21 heavy (non-hydrogen) atoms. The van der Waals surface area contributed by atoms with Crippen LogP contribution in [0.25, 0.3) is 10.8 Å². The molecule has 0 unspecified atom stereocenters. The maximum atomic E-state index is 12.2. The molecule has 7 heteroatoms. The topological polar surface area (TPSA) is 90.3 Å². The van der Waals surface area contributed by atoms with E-state index in [0.717, 1.165) is 4.68 Å². The van der Waals surface area contributed by atoms with Crippen molar-refractivity contribution in [1.29, 1.82) is 0 Å². The molecule has 1 amide bonds. The van der Waals surface area contributed by atoms with Gasteiger partial charge in [0.05, 0.1) is 18.7 Å². The zero-order valence-corrected chi connectivity index (χ0v) is 11.7. The van der Waals surface area contributed by atoms with Gasteiger partial charge in [0.2, 0.25) is 5.91 Å². The maximum absolute atomic E-state index is 12.2. The molecule has 2 rings (SSSR count). The minimum Gasteiger partial charge on any atom is -0.467 e. The van der Waals surface area contributed by atoms with E-state index in [2.05, 4.69) is 15.2 Å². The lowest BCUT2D eigenvalue weighted by Crippen LogP contribution is -2.42. The molecule has 110 valence electrons. The number of aromatic nitrogens is 2. The highest BCUT2D eigenvalue weighted by Crippen LogP contribution is 2.06. The highest BCUT2D eigenvalue weighted by atomic mass is 16.5. The summed E-state index contributed by atoms with van der Waals surface area (Å²) < 4.78 is 5.56. The Bertz CT molecular complexity index is 738. The summed E-state index contributed by atoms with van der Waals surface area (Å²) in [6.45, 7) is 1.24. The third kappa shape index (κ3) is 3.25. The Labute approximate surface area is 120 Å². The first-order valence-corrected chi connectivity index (χ1v) is 6.35. The molecule has 0 bridgehead atoms. The standard InChI is InChI=1S/C14H15N3O4/c1-9(14(20)21-2)16-12(18)8-17-13(19)11-6-4-3-5-10(11)7-15-17/h3-7,9H,8H2,1-2H3,(H,16,18)/t9-/m0/s1. The monoisotopic (exact) mass is 289 g/mol. The van der Waals surface area contributed by atoms with Crippen LogP contribution < -0.4 is 10.9 Å². The van der Waals surface area contributed by atoms with Gasteiger partial charge in [-0.3, -0.25) is 9.59 Å². The lowest BCUT2D eigenvalue weighted by Gasteiger charge is -2.12. The minimum absolute atomic E-state index is 0.259. The summed E-state index contributed by atoms with van der Waals surface area (Å²) in [6.07, 6.45) is 1.52.